The summed E-state index contributed by atoms with van der Waals surface area (Å²) in [6.45, 7) is 0. The van der Waals surface area contributed by atoms with Gasteiger partial charge in [-0.1, -0.05) is 23.7 Å². The summed E-state index contributed by atoms with van der Waals surface area (Å²) in [6, 6.07) is 5.97. The molecule has 0 aromatic heterocycles. The summed E-state index contributed by atoms with van der Waals surface area (Å²) in [5.41, 5.74) is -0.836. The lowest BCUT2D eigenvalue weighted by molar-refractivity contribution is -0.138. The van der Waals surface area contributed by atoms with E-state index in [1.165, 1.54) is 11.9 Å². The van der Waals surface area contributed by atoms with Crippen molar-refractivity contribution in [3.63, 3.8) is 0 Å². The maximum atomic E-state index is 12.2. The Morgan fingerprint density at radius 1 is 1.45 bits per heavy atom. The van der Waals surface area contributed by atoms with Crippen molar-refractivity contribution in [1.82, 2.24) is 10.2 Å². The molecule has 0 saturated carbocycles. The van der Waals surface area contributed by atoms with E-state index in [1.54, 1.807) is 24.3 Å². The zero-order valence-electron chi connectivity index (χ0n) is 10.7. The Bertz CT molecular complexity index is 589. The Labute approximate surface area is 120 Å². The van der Waals surface area contributed by atoms with Gasteiger partial charge in [-0.05, 0) is 24.1 Å². The van der Waals surface area contributed by atoms with Crippen molar-refractivity contribution in [2.45, 2.75) is 18.4 Å². The molecular formula is C13H13ClN2O4. The van der Waals surface area contributed by atoms with Gasteiger partial charge in [0.1, 0.15) is 5.54 Å². The molecule has 0 radical (unpaired) electrons. The molecule has 0 spiro atoms. The van der Waals surface area contributed by atoms with Crippen LogP contribution in [0, 0.1) is 0 Å². The average Bonchev–Trinajstić information content (AvgIpc) is 2.59. The Hall–Kier alpha value is -2.08. The van der Waals surface area contributed by atoms with Gasteiger partial charge in [-0.3, -0.25) is 14.9 Å². The van der Waals surface area contributed by atoms with Crippen molar-refractivity contribution in [2.24, 2.45) is 0 Å². The van der Waals surface area contributed by atoms with Gasteiger partial charge in [0.05, 0.1) is 0 Å². The molecule has 1 fully saturated rings. The lowest BCUT2D eigenvalue weighted by atomic mass is 9.84. The normalized spacial score (nSPS) is 22.0. The molecule has 1 aliphatic rings. The molecule has 20 heavy (non-hydrogen) atoms. The maximum Gasteiger partial charge on any atom is 0.325 e. The molecule has 2 N–H and O–H groups in total. The SMILES string of the molecule is CN1C(=O)NC(=O)C1(CCC(=O)O)c1cccc(Cl)c1. The van der Waals surface area contributed by atoms with Gasteiger partial charge in [0.15, 0.2) is 0 Å². The number of hydrogen-bond acceptors (Lipinski definition) is 3. The molecule has 1 aromatic carbocycles. The van der Waals surface area contributed by atoms with Crippen LogP contribution in [0.15, 0.2) is 24.3 Å². The van der Waals surface area contributed by atoms with Gasteiger partial charge in [0, 0.05) is 18.5 Å². The Morgan fingerprint density at radius 2 is 2.15 bits per heavy atom. The van der Waals surface area contributed by atoms with Gasteiger partial charge in [-0.2, -0.15) is 0 Å². The first kappa shape index (κ1) is 14.3. The zero-order valence-corrected chi connectivity index (χ0v) is 11.5. The topological polar surface area (TPSA) is 86.7 Å². The summed E-state index contributed by atoms with van der Waals surface area (Å²) in [4.78, 5) is 36.0. The van der Waals surface area contributed by atoms with E-state index < -0.39 is 23.4 Å². The number of hydrogen-bond donors (Lipinski definition) is 2. The number of halogens is 1. The van der Waals surface area contributed by atoms with E-state index in [0.717, 1.165) is 0 Å². The first-order valence-corrected chi connectivity index (χ1v) is 6.33. The minimum Gasteiger partial charge on any atom is -0.481 e. The van der Waals surface area contributed by atoms with Gasteiger partial charge in [-0.15, -0.1) is 0 Å². The first-order chi connectivity index (χ1) is 9.37. The number of carboxylic acids is 1. The van der Waals surface area contributed by atoms with E-state index in [2.05, 4.69) is 5.32 Å². The highest BCUT2D eigenvalue weighted by molar-refractivity contribution is 6.30. The lowest BCUT2D eigenvalue weighted by Gasteiger charge is -2.33. The summed E-state index contributed by atoms with van der Waals surface area (Å²) >= 11 is 5.93. The second kappa shape index (κ2) is 5.13. The lowest BCUT2D eigenvalue weighted by Crippen LogP contribution is -2.45. The van der Waals surface area contributed by atoms with E-state index in [9.17, 15) is 14.4 Å². The zero-order chi connectivity index (χ0) is 14.9. The molecule has 106 valence electrons. The third-order valence-corrected chi connectivity index (χ3v) is 3.71. The van der Waals surface area contributed by atoms with Gasteiger partial charge >= 0.3 is 12.0 Å². The van der Waals surface area contributed by atoms with Crippen LogP contribution < -0.4 is 5.32 Å². The summed E-state index contributed by atoms with van der Waals surface area (Å²) in [5, 5.41) is 11.5. The number of rotatable bonds is 4. The molecule has 7 heteroatoms. The van der Waals surface area contributed by atoms with E-state index in [0.29, 0.717) is 10.6 Å². The monoisotopic (exact) mass is 296 g/mol. The third-order valence-electron chi connectivity index (χ3n) is 3.48. The van der Waals surface area contributed by atoms with Crippen LogP contribution in [0.1, 0.15) is 18.4 Å². The number of benzene rings is 1. The second-order valence-corrected chi connectivity index (χ2v) is 5.02. The fourth-order valence-corrected chi connectivity index (χ4v) is 2.58. The minimum atomic E-state index is -1.33. The van der Waals surface area contributed by atoms with Crippen LogP contribution in [0.4, 0.5) is 4.79 Å². The van der Waals surface area contributed by atoms with Gasteiger partial charge < -0.3 is 10.0 Å². The molecule has 6 nitrogen and oxygen atoms in total. The molecule has 1 saturated heterocycles. The highest BCUT2D eigenvalue weighted by Crippen LogP contribution is 2.37. The van der Waals surface area contributed by atoms with Crippen molar-refractivity contribution in [3.05, 3.63) is 34.9 Å². The Balaban J connectivity index is 2.52. The van der Waals surface area contributed by atoms with Gasteiger partial charge in [-0.25, -0.2) is 4.79 Å². The number of carbonyl (C=O) groups excluding carboxylic acids is 2. The van der Waals surface area contributed by atoms with Crippen LogP contribution in [-0.4, -0.2) is 35.0 Å². The number of nitrogens with one attached hydrogen (secondary N) is 1. The smallest absolute Gasteiger partial charge is 0.325 e. The van der Waals surface area contributed by atoms with Crippen LogP contribution in [0.3, 0.4) is 0 Å². The number of aliphatic carboxylic acids is 1. The molecule has 1 atom stereocenters. The number of carboxylic acid groups (broad SMARTS) is 1. The number of amides is 3. The molecule has 1 aromatic rings. The van der Waals surface area contributed by atoms with E-state index in [-0.39, 0.29) is 12.8 Å². The van der Waals surface area contributed by atoms with Crippen LogP contribution in [0.2, 0.25) is 5.02 Å². The van der Waals surface area contributed by atoms with Crippen molar-refractivity contribution in [2.75, 3.05) is 7.05 Å². The number of nitrogens with zero attached hydrogens (tertiary/aromatic N) is 1. The van der Waals surface area contributed by atoms with Crippen molar-refractivity contribution in [3.8, 4) is 0 Å². The fourth-order valence-electron chi connectivity index (χ4n) is 2.39. The summed E-state index contributed by atoms with van der Waals surface area (Å²) in [5.74, 6) is -1.57. The highest BCUT2D eigenvalue weighted by Gasteiger charge is 2.52. The quantitative estimate of drug-likeness (QED) is 0.826. The van der Waals surface area contributed by atoms with Gasteiger partial charge in [0.2, 0.25) is 0 Å². The predicted molar refractivity (Wildman–Crippen MR) is 71.3 cm³/mol. The van der Waals surface area contributed by atoms with Crippen LogP contribution in [0.25, 0.3) is 0 Å². The molecule has 1 aliphatic heterocycles. The van der Waals surface area contributed by atoms with Crippen LogP contribution in [0.5, 0.6) is 0 Å². The first-order valence-electron chi connectivity index (χ1n) is 5.95. The Morgan fingerprint density at radius 3 is 2.65 bits per heavy atom. The molecule has 1 unspecified atom stereocenters. The summed E-state index contributed by atoms with van der Waals surface area (Å²) in [7, 11) is 1.46. The van der Waals surface area contributed by atoms with Crippen molar-refractivity contribution < 1.29 is 19.5 Å². The van der Waals surface area contributed by atoms with Crippen molar-refractivity contribution >= 4 is 29.5 Å². The van der Waals surface area contributed by atoms with E-state index in [1.807, 2.05) is 0 Å². The fraction of sp³-hybridized carbons (Fsp3) is 0.308. The third kappa shape index (κ3) is 2.22. The van der Waals surface area contributed by atoms with E-state index in [4.69, 9.17) is 16.7 Å². The van der Waals surface area contributed by atoms with Gasteiger partial charge in [0.25, 0.3) is 5.91 Å². The number of imide groups is 1. The number of urea groups is 1. The summed E-state index contributed by atoms with van der Waals surface area (Å²) in [6.07, 6.45) is -0.256. The molecule has 0 bridgehead atoms. The molecule has 0 aliphatic carbocycles. The predicted octanol–water partition coefficient (Wildman–Crippen LogP) is 1.58. The van der Waals surface area contributed by atoms with Crippen LogP contribution >= 0.6 is 11.6 Å². The number of carbonyl (C=O) groups is 3. The minimum absolute atomic E-state index is 0.0171. The maximum absolute atomic E-state index is 12.2. The molecular weight excluding hydrogens is 284 g/mol. The number of likely N-dealkylation sites (N-methyl/N-ethyl adjacent to an activating group) is 1. The second-order valence-electron chi connectivity index (χ2n) is 4.58. The molecule has 3 amide bonds. The highest BCUT2D eigenvalue weighted by atomic mass is 35.5. The van der Waals surface area contributed by atoms with Crippen LogP contribution in [-0.2, 0) is 15.1 Å². The largest absolute Gasteiger partial charge is 0.481 e. The molecule has 1 heterocycles. The standard InChI is InChI=1S/C13H13ClN2O4/c1-16-12(20)15-11(19)13(16,6-5-10(17)18)8-3-2-4-9(14)7-8/h2-4,7H,5-6H2,1H3,(H,17,18)(H,15,19,20). The Kier molecular flexibility index (Phi) is 3.67. The average molecular weight is 297 g/mol. The molecule has 2 rings (SSSR count). The van der Waals surface area contributed by atoms with E-state index >= 15 is 0 Å². The summed E-state index contributed by atoms with van der Waals surface area (Å²) < 4.78 is 0. The van der Waals surface area contributed by atoms with Crippen molar-refractivity contribution in [1.29, 1.82) is 0 Å².